The number of carbonyl (C=O) groups is 1. The fourth-order valence-corrected chi connectivity index (χ4v) is 1.76. The number of hydrogen-bond donors (Lipinski definition) is 2. The monoisotopic (exact) mass is 308 g/mol. The molecule has 0 aliphatic heterocycles. The van der Waals surface area contributed by atoms with Crippen molar-refractivity contribution in [3.63, 3.8) is 0 Å². The summed E-state index contributed by atoms with van der Waals surface area (Å²) in [6, 6.07) is 2.79. The molecule has 0 bridgehead atoms. The van der Waals surface area contributed by atoms with E-state index in [1.165, 1.54) is 0 Å². The predicted octanol–water partition coefficient (Wildman–Crippen LogP) is 3.81. The fourth-order valence-electron chi connectivity index (χ4n) is 1.59. The van der Waals surface area contributed by atoms with Crippen molar-refractivity contribution < 1.29 is 18.0 Å². The molecule has 0 aromatic heterocycles. The summed E-state index contributed by atoms with van der Waals surface area (Å²) in [5.74, 6) is -0.383. The summed E-state index contributed by atoms with van der Waals surface area (Å²) in [6.07, 6.45) is -3.04. The molecule has 3 N–H and O–H groups in total. The maximum atomic E-state index is 12.6. The standard InChI is InChI=1S/C13H16ClF3N2O/c1-8(18)3-2-4-12(20)19-11-7-9(13(15,16)17)5-6-10(11)14/h5-8H,2-4,18H2,1H3,(H,19,20). The highest BCUT2D eigenvalue weighted by Gasteiger charge is 2.31. The minimum atomic E-state index is -4.47. The molecule has 112 valence electrons. The van der Waals surface area contributed by atoms with Gasteiger partial charge in [0.2, 0.25) is 5.91 Å². The summed E-state index contributed by atoms with van der Waals surface area (Å²) < 4.78 is 37.7. The number of alkyl halides is 3. The van der Waals surface area contributed by atoms with Gasteiger partial charge in [-0.1, -0.05) is 11.6 Å². The molecule has 1 aromatic rings. The highest BCUT2D eigenvalue weighted by molar-refractivity contribution is 6.33. The smallest absolute Gasteiger partial charge is 0.328 e. The van der Waals surface area contributed by atoms with Crippen LogP contribution >= 0.6 is 11.6 Å². The van der Waals surface area contributed by atoms with Crippen molar-refractivity contribution in [1.29, 1.82) is 0 Å². The van der Waals surface area contributed by atoms with Crippen LogP contribution in [-0.4, -0.2) is 11.9 Å². The number of benzene rings is 1. The Morgan fingerprint density at radius 2 is 2.10 bits per heavy atom. The van der Waals surface area contributed by atoms with Gasteiger partial charge in [0.1, 0.15) is 0 Å². The molecule has 1 atom stereocenters. The van der Waals surface area contributed by atoms with Crippen molar-refractivity contribution in [3.8, 4) is 0 Å². The van der Waals surface area contributed by atoms with Crippen molar-refractivity contribution in [1.82, 2.24) is 0 Å². The highest BCUT2D eigenvalue weighted by Crippen LogP contribution is 2.33. The van der Waals surface area contributed by atoms with Crippen molar-refractivity contribution in [2.45, 2.75) is 38.4 Å². The molecule has 1 aromatic carbocycles. The fraction of sp³-hybridized carbons (Fsp3) is 0.462. The van der Waals surface area contributed by atoms with Crippen LogP contribution in [0.3, 0.4) is 0 Å². The van der Waals surface area contributed by atoms with Gasteiger partial charge in [0.25, 0.3) is 0 Å². The summed E-state index contributed by atoms with van der Waals surface area (Å²) in [4.78, 5) is 11.6. The third kappa shape index (κ3) is 5.38. The summed E-state index contributed by atoms with van der Waals surface area (Å²) in [5, 5.41) is 2.45. The van der Waals surface area contributed by atoms with E-state index in [1.54, 1.807) is 0 Å². The molecule has 0 radical (unpaired) electrons. The number of amides is 1. The number of nitrogens with one attached hydrogen (secondary N) is 1. The molecule has 1 unspecified atom stereocenters. The first kappa shape index (κ1) is 16.8. The molecule has 1 amide bonds. The predicted molar refractivity (Wildman–Crippen MR) is 72.6 cm³/mol. The Morgan fingerprint density at radius 3 is 2.65 bits per heavy atom. The number of hydrogen-bond acceptors (Lipinski definition) is 2. The molecular weight excluding hydrogens is 293 g/mol. The van der Waals surface area contributed by atoms with E-state index in [1.807, 2.05) is 6.92 Å². The van der Waals surface area contributed by atoms with Crippen LogP contribution in [0.4, 0.5) is 18.9 Å². The zero-order chi connectivity index (χ0) is 15.3. The lowest BCUT2D eigenvalue weighted by Gasteiger charge is -2.12. The number of halogens is 4. The largest absolute Gasteiger partial charge is 0.416 e. The summed E-state index contributed by atoms with van der Waals surface area (Å²) in [6.45, 7) is 1.82. The summed E-state index contributed by atoms with van der Waals surface area (Å²) >= 11 is 5.77. The molecule has 3 nitrogen and oxygen atoms in total. The molecule has 1 rings (SSSR count). The molecule has 7 heteroatoms. The normalized spacial score (nSPS) is 13.1. The van der Waals surface area contributed by atoms with E-state index in [0.717, 1.165) is 18.2 Å². The molecular formula is C13H16ClF3N2O. The lowest BCUT2D eigenvalue weighted by atomic mass is 10.1. The van der Waals surface area contributed by atoms with E-state index in [0.29, 0.717) is 12.8 Å². The minimum Gasteiger partial charge on any atom is -0.328 e. The maximum Gasteiger partial charge on any atom is 0.416 e. The molecule has 0 aliphatic carbocycles. The van der Waals surface area contributed by atoms with Crippen molar-refractivity contribution >= 4 is 23.2 Å². The van der Waals surface area contributed by atoms with Crippen LogP contribution in [0.15, 0.2) is 18.2 Å². The second-order valence-electron chi connectivity index (χ2n) is 4.61. The Balaban J connectivity index is 2.69. The quantitative estimate of drug-likeness (QED) is 0.869. The molecule has 0 fully saturated rings. The van der Waals surface area contributed by atoms with Gasteiger partial charge in [0.15, 0.2) is 0 Å². The molecule has 20 heavy (non-hydrogen) atoms. The van der Waals surface area contributed by atoms with Crippen LogP contribution in [0, 0.1) is 0 Å². The Bertz CT molecular complexity index is 475. The lowest BCUT2D eigenvalue weighted by Crippen LogP contribution is -2.17. The first-order chi connectivity index (χ1) is 9.20. The third-order valence-corrected chi connectivity index (χ3v) is 2.96. The van der Waals surface area contributed by atoms with E-state index in [2.05, 4.69) is 5.32 Å². The average molecular weight is 309 g/mol. The number of anilines is 1. The maximum absolute atomic E-state index is 12.6. The second-order valence-corrected chi connectivity index (χ2v) is 5.02. The van der Waals surface area contributed by atoms with Gasteiger partial charge in [-0.2, -0.15) is 13.2 Å². The zero-order valence-corrected chi connectivity index (χ0v) is 11.7. The van der Waals surface area contributed by atoms with Crippen molar-refractivity contribution in [3.05, 3.63) is 28.8 Å². The Hall–Kier alpha value is -1.27. The van der Waals surface area contributed by atoms with E-state index in [-0.39, 0.29) is 29.1 Å². The van der Waals surface area contributed by atoms with Gasteiger partial charge in [0, 0.05) is 12.5 Å². The molecule has 0 heterocycles. The van der Waals surface area contributed by atoms with Crippen molar-refractivity contribution in [2.75, 3.05) is 5.32 Å². The topological polar surface area (TPSA) is 55.1 Å². The Kier molecular flexibility index (Phi) is 5.83. The first-order valence-corrected chi connectivity index (χ1v) is 6.50. The van der Waals surface area contributed by atoms with Crippen LogP contribution in [0.1, 0.15) is 31.7 Å². The Labute approximate surface area is 120 Å². The first-order valence-electron chi connectivity index (χ1n) is 6.12. The van der Waals surface area contributed by atoms with Gasteiger partial charge in [-0.15, -0.1) is 0 Å². The lowest BCUT2D eigenvalue weighted by molar-refractivity contribution is -0.137. The van der Waals surface area contributed by atoms with E-state index >= 15 is 0 Å². The van der Waals surface area contributed by atoms with Gasteiger partial charge in [0.05, 0.1) is 16.3 Å². The molecule has 0 aliphatic rings. The number of nitrogens with two attached hydrogens (primary N) is 1. The Morgan fingerprint density at radius 1 is 1.45 bits per heavy atom. The van der Waals surface area contributed by atoms with E-state index in [4.69, 9.17) is 17.3 Å². The van der Waals surface area contributed by atoms with Crippen LogP contribution in [0.25, 0.3) is 0 Å². The SMILES string of the molecule is CC(N)CCCC(=O)Nc1cc(C(F)(F)F)ccc1Cl. The summed E-state index contributed by atoms with van der Waals surface area (Å²) in [5.41, 5.74) is 4.66. The van der Waals surface area contributed by atoms with E-state index < -0.39 is 11.7 Å². The van der Waals surface area contributed by atoms with Crippen LogP contribution < -0.4 is 11.1 Å². The third-order valence-electron chi connectivity index (χ3n) is 2.63. The van der Waals surface area contributed by atoms with Gasteiger partial charge in [-0.25, -0.2) is 0 Å². The molecule has 0 saturated carbocycles. The zero-order valence-electron chi connectivity index (χ0n) is 10.9. The van der Waals surface area contributed by atoms with Gasteiger partial charge >= 0.3 is 6.18 Å². The molecule has 0 saturated heterocycles. The number of carbonyl (C=O) groups excluding carboxylic acids is 1. The second kappa shape index (κ2) is 6.95. The number of rotatable bonds is 5. The van der Waals surface area contributed by atoms with Gasteiger partial charge in [-0.05, 0) is 38.0 Å². The van der Waals surface area contributed by atoms with Gasteiger partial charge in [-0.3, -0.25) is 4.79 Å². The minimum absolute atomic E-state index is 0.0139. The average Bonchev–Trinajstić information content (AvgIpc) is 2.30. The molecule has 0 spiro atoms. The van der Waals surface area contributed by atoms with Crippen LogP contribution in [0.2, 0.25) is 5.02 Å². The van der Waals surface area contributed by atoms with Crippen LogP contribution in [0.5, 0.6) is 0 Å². The van der Waals surface area contributed by atoms with E-state index in [9.17, 15) is 18.0 Å². The summed E-state index contributed by atoms with van der Waals surface area (Å²) in [7, 11) is 0. The highest BCUT2D eigenvalue weighted by atomic mass is 35.5. The van der Waals surface area contributed by atoms with Gasteiger partial charge < -0.3 is 11.1 Å². The van der Waals surface area contributed by atoms with Crippen molar-refractivity contribution in [2.24, 2.45) is 5.73 Å². The van der Waals surface area contributed by atoms with Crippen LogP contribution in [-0.2, 0) is 11.0 Å².